The third-order valence-electron chi connectivity index (χ3n) is 13.9. The Hall–Kier alpha value is -11.1. The normalized spacial score (nSPS) is 13.9. The Labute approximate surface area is 534 Å². The van der Waals surface area contributed by atoms with Crippen LogP contribution in [0.1, 0.15) is 56.3 Å². The standard InChI is InChI=1S/C56H77N21O17/c1-27(2)47(76-44(83)20-63-49(87)34(57)11-30-15-59-24-68-30)55(93)75-40(23-78)53(91)66-19-43(82)72-37(10-29-14-62-35-7-5-4-6-33(29)35)50(88)64-18-42(81)71-36(8-9-41(58)80)54(92)73-38(12-31-16-60-25-69-31)51(89)65-21-45(84)77-48(28(3)79)56(94)74-39(13-32-17-61-26-70-32)52(90)67-22-46(85)86/h4-7,14-17,24-28,34,36-40,47-48,62,78-79H,8-13,18-23,57H2,1-3H3,(H2,58,80)(H,59,68)(H,60,69)(H,61,70)(H,63,87)(H,64,88)(H,65,89)(H,66,91)(H,67,90)(H,71,81)(H,72,82)(H,73,92)(H,74,94)(H,75,93)(H,76,83)(H,77,84)(H,85,86)/t28-,34+,36+,37+,38+,39+,40+,47+,48+/m1/s1. The van der Waals surface area contributed by atoms with Crippen molar-refractivity contribution in [2.45, 2.75) is 114 Å². The molecule has 5 rings (SSSR count). The number of imidazole rings is 3. The number of amides is 13. The summed E-state index contributed by atoms with van der Waals surface area (Å²) in [6, 6.07) is -4.82. The first-order valence-corrected chi connectivity index (χ1v) is 29.2. The molecule has 38 nitrogen and oxygen atoms in total. The van der Waals surface area contributed by atoms with E-state index in [-0.39, 0.29) is 31.4 Å². The molecule has 0 bridgehead atoms. The van der Waals surface area contributed by atoms with Crippen LogP contribution < -0.4 is 75.3 Å². The first-order chi connectivity index (χ1) is 44.7. The van der Waals surface area contributed by atoms with Gasteiger partial charge in [-0.1, -0.05) is 32.0 Å². The first kappa shape index (κ1) is 73.6. The summed E-state index contributed by atoms with van der Waals surface area (Å²) in [6.45, 7) is -0.573. The molecule has 0 saturated carbocycles. The van der Waals surface area contributed by atoms with Gasteiger partial charge in [0.15, 0.2) is 0 Å². The van der Waals surface area contributed by atoms with Gasteiger partial charge in [0.05, 0.1) is 63.9 Å². The number of fused-ring (bicyclic) bond motifs is 1. The minimum Gasteiger partial charge on any atom is -0.480 e. The number of aliphatic carboxylic acids is 1. The summed E-state index contributed by atoms with van der Waals surface area (Å²) in [6.07, 6.45) is 6.52. The summed E-state index contributed by atoms with van der Waals surface area (Å²) in [7, 11) is 0. The van der Waals surface area contributed by atoms with E-state index in [0.29, 0.717) is 27.9 Å². The number of aromatic nitrogens is 7. The fourth-order valence-corrected chi connectivity index (χ4v) is 8.99. The molecule has 0 spiro atoms. The van der Waals surface area contributed by atoms with Crippen LogP contribution in [0.2, 0.25) is 0 Å². The van der Waals surface area contributed by atoms with Crippen molar-refractivity contribution in [3.8, 4) is 0 Å². The molecule has 0 unspecified atom stereocenters. The molecule has 4 heterocycles. The average molecular weight is 1320 g/mol. The Bertz CT molecular complexity index is 3430. The number of aromatic amines is 4. The molecule has 4 aromatic heterocycles. The van der Waals surface area contributed by atoms with Crippen molar-refractivity contribution < 1.29 is 82.4 Å². The molecule has 38 heteroatoms. The molecule has 0 aliphatic heterocycles. The number of primary amides is 1. The van der Waals surface area contributed by atoms with Gasteiger partial charge in [-0.25, -0.2) is 15.0 Å². The van der Waals surface area contributed by atoms with Gasteiger partial charge in [0, 0.05) is 84.9 Å². The van der Waals surface area contributed by atoms with E-state index in [9.17, 15) is 77.3 Å². The number of carboxylic acid groups (broad SMARTS) is 1. The van der Waals surface area contributed by atoms with Crippen molar-refractivity contribution in [3.05, 3.63) is 90.7 Å². The minimum atomic E-state index is -1.74. The number of benzene rings is 1. The number of hydrogen-bond acceptors (Lipinski definition) is 20. The molecule has 0 radical (unpaired) electrons. The minimum absolute atomic E-state index is 0.100. The van der Waals surface area contributed by atoms with Crippen molar-refractivity contribution in [1.82, 2.24) is 98.7 Å². The third-order valence-corrected chi connectivity index (χ3v) is 13.9. The summed E-state index contributed by atoms with van der Waals surface area (Å²) in [5.41, 5.74) is 13.7. The van der Waals surface area contributed by atoms with Crippen LogP contribution in [0.15, 0.2) is 68.0 Å². The summed E-state index contributed by atoms with van der Waals surface area (Å²) in [5, 5.41) is 58.5. The predicted molar refractivity (Wildman–Crippen MR) is 325 cm³/mol. The monoisotopic (exact) mass is 1320 g/mol. The maximum absolute atomic E-state index is 14.0. The number of nitrogens with two attached hydrogens (primary N) is 2. The molecule has 0 fully saturated rings. The van der Waals surface area contributed by atoms with Crippen molar-refractivity contribution >= 4 is 93.7 Å². The van der Waals surface area contributed by atoms with Crippen molar-refractivity contribution in [2.75, 3.05) is 39.3 Å². The zero-order valence-corrected chi connectivity index (χ0v) is 51.2. The zero-order valence-electron chi connectivity index (χ0n) is 51.2. The van der Waals surface area contributed by atoms with Gasteiger partial charge in [0.1, 0.15) is 48.8 Å². The van der Waals surface area contributed by atoms with E-state index in [0.717, 1.165) is 6.92 Å². The van der Waals surface area contributed by atoms with Gasteiger partial charge in [-0.2, -0.15) is 0 Å². The number of nitrogens with zero attached hydrogens (tertiary/aromatic N) is 3. The molecule has 0 aliphatic rings. The van der Waals surface area contributed by atoms with Crippen molar-refractivity contribution in [2.24, 2.45) is 17.4 Å². The molecule has 5 aromatic rings. The predicted octanol–water partition coefficient (Wildman–Crippen LogP) is -8.71. The van der Waals surface area contributed by atoms with Crippen LogP contribution >= 0.6 is 0 Å². The van der Waals surface area contributed by atoms with Crippen LogP contribution in [0.25, 0.3) is 10.9 Å². The molecule has 508 valence electrons. The number of aliphatic hydroxyl groups is 2. The van der Waals surface area contributed by atoms with Crippen LogP contribution in [-0.2, 0) is 92.8 Å². The maximum Gasteiger partial charge on any atom is 0.322 e. The highest BCUT2D eigenvalue weighted by Gasteiger charge is 2.34. The zero-order chi connectivity index (χ0) is 69.0. The Morgan fingerprint density at radius 3 is 1.39 bits per heavy atom. The maximum atomic E-state index is 14.0. The van der Waals surface area contributed by atoms with Gasteiger partial charge < -0.3 is 111 Å². The summed E-state index contributed by atoms with van der Waals surface area (Å²) < 4.78 is 0. The molecular formula is C56H77N21O17. The molecule has 0 saturated heterocycles. The molecule has 1 aromatic carbocycles. The van der Waals surface area contributed by atoms with Crippen LogP contribution in [0.3, 0.4) is 0 Å². The van der Waals surface area contributed by atoms with E-state index in [1.165, 1.54) is 37.6 Å². The number of para-hydroxylation sites is 1. The molecular weight excluding hydrogens is 1240 g/mol. The summed E-state index contributed by atoms with van der Waals surface area (Å²) in [5.74, 6) is -14.3. The molecule has 0 aliphatic carbocycles. The number of aliphatic hydroxyl groups excluding tert-OH is 2. The molecule has 9 atom stereocenters. The van der Waals surface area contributed by atoms with Crippen LogP contribution in [-0.4, -0.2) is 227 Å². The fourth-order valence-electron chi connectivity index (χ4n) is 8.99. The van der Waals surface area contributed by atoms with Gasteiger partial charge in [-0.05, 0) is 30.9 Å². The third kappa shape index (κ3) is 24.2. The van der Waals surface area contributed by atoms with Gasteiger partial charge >= 0.3 is 5.97 Å². The number of H-pyrrole nitrogens is 4. The molecule has 23 N–H and O–H groups in total. The quantitative estimate of drug-likeness (QED) is 0.0174. The number of nitrogens with one attached hydrogen (secondary N) is 16. The average Bonchev–Trinajstić information content (AvgIpc) is 1.75. The number of hydrogen-bond donors (Lipinski definition) is 21. The Morgan fingerprint density at radius 1 is 0.489 bits per heavy atom. The van der Waals surface area contributed by atoms with Crippen LogP contribution in [0.5, 0.6) is 0 Å². The summed E-state index contributed by atoms with van der Waals surface area (Å²) in [4.78, 5) is 207. The van der Waals surface area contributed by atoms with Crippen molar-refractivity contribution in [3.63, 3.8) is 0 Å². The highest BCUT2D eigenvalue weighted by Crippen LogP contribution is 2.19. The van der Waals surface area contributed by atoms with E-state index in [2.05, 4.69) is 98.7 Å². The summed E-state index contributed by atoms with van der Waals surface area (Å²) >= 11 is 0. The highest BCUT2D eigenvalue weighted by molar-refractivity contribution is 5.99. The Kier molecular flexibility index (Phi) is 28.7. The van der Waals surface area contributed by atoms with E-state index in [4.69, 9.17) is 16.6 Å². The topological polar surface area (TPSA) is 598 Å². The number of carboxylic acids is 1. The van der Waals surface area contributed by atoms with E-state index in [1.807, 2.05) is 0 Å². The molecule has 94 heavy (non-hydrogen) atoms. The SMILES string of the molecule is CC(C)[C@H](NC(=O)CNC(=O)[C@@H](N)Cc1cnc[nH]1)C(=O)N[C@@H](CO)C(=O)NCC(=O)N[C@@H](Cc1c[nH]c2ccccc12)C(=O)NCC(=O)N[C@@H](CCC(N)=O)C(=O)N[C@@H](Cc1cnc[nH]1)C(=O)NCC(=O)N[C@H](C(=O)N[C@@H](Cc1cnc[nH]1)C(=O)NCC(=O)O)[C@@H](C)O. The van der Waals surface area contributed by atoms with E-state index in [1.54, 1.807) is 44.3 Å². The second kappa shape index (κ2) is 36.6. The Balaban J connectivity index is 1.20. The highest BCUT2D eigenvalue weighted by atomic mass is 16.4. The number of carbonyl (C=O) groups is 14. The lowest BCUT2D eigenvalue weighted by molar-refractivity contribution is -0.138. The second-order valence-corrected chi connectivity index (χ2v) is 21.7. The van der Waals surface area contributed by atoms with E-state index >= 15 is 0 Å². The lowest BCUT2D eigenvalue weighted by Gasteiger charge is -2.25. The number of rotatable bonds is 39. The largest absolute Gasteiger partial charge is 0.480 e. The lowest BCUT2D eigenvalue weighted by atomic mass is 10.0. The second-order valence-electron chi connectivity index (χ2n) is 21.7. The van der Waals surface area contributed by atoms with Gasteiger partial charge in [0.25, 0.3) is 0 Å². The smallest absolute Gasteiger partial charge is 0.322 e. The molecule has 13 amide bonds. The van der Waals surface area contributed by atoms with Gasteiger partial charge in [-0.15, -0.1) is 0 Å². The fraction of sp³-hybridized carbons (Fsp3) is 0.446. The first-order valence-electron chi connectivity index (χ1n) is 29.2. The van der Waals surface area contributed by atoms with Crippen LogP contribution in [0.4, 0.5) is 0 Å². The number of carbonyl (C=O) groups excluding carboxylic acids is 13. The van der Waals surface area contributed by atoms with Gasteiger partial charge in [0.2, 0.25) is 76.8 Å². The lowest BCUT2D eigenvalue weighted by Crippen LogP contribution is -2.59. The van der Waals surface area contributed by atoms with E-state index < -0.39 is 195 Å². The van der Waals surface area contributed by atoms with Crippen molar-refractivity contribution in [1.29, 1.82) is 0 Å². The Morgan fingerprint density at radius 2 is 0.915 bits per heavy atom. The van der Waals surface area contributed by atoms with Crippen LogP contribution in [0, 0.1) is 5.92 Å². The van der Waals surface area contributed by atoms with Gasteiger partial charge in [-0.3, -0.25) is 67.1 Å².